The highest BCUT2D eigenvalue weighted by molar-refractivity contribution is 14.0. The summed E-state index contributed by atoms with van der Waals surface area (Å²) in [5.74, 6) is 2.26. The number of ether oxygens (including phenoxy) is 2. The van der Waals surface area contributed by atoms with Gasteiger partial charge in [-0.3, -0.25) is 9.89 Å². The molecule has 2 heterocycles. The molecular formula is C22H41IN4O2. The number of rotatable bonds is 6. The minimum atomic E-state index is 0. The molecule has 0 radical (unpaired) electrons. The van der Waals surface area contributed by atoms with Gasteiger partial charge in [0.2, 0.25) is 0 Å². The fourth-order valence-electron chi connectivity index (χ4n) is 6.21. The summed E-state index contributed by atoms with van der Waals surface area (Å²) in [4.78, 5) is 7.63. The van der Waals surface area contributed by atoms with Crippen LogP contribution in [-0.2, 0) is 9.47 Å². The first-order valence-corrected chi connectivity index (χ1v) is 11.6. The second-order valence-corrected chi connectivity index (χ2v) is 9.49. The predicted molar refractivity (Wildman–Crippen MR) is 128 cm³/mol. The fourth-order valence-corrected chi connectivity index (χ4v) is 6.21. The lowest BCUT2D eigenvalue weighted by atomic mass is 9.54. The van der Waals surface area contributed by atoms with E-state index in [0.717, 1.165) is 52.0 Å². The van der Waals surface area contributed by atoms with Gasteiger partial charge in [0.05, 0.1) is 25.9 Å². The van der Waals surface area contributed by atoms with Gasteiger partial charge in [-0.25, -0.2) is 0 Å². The number of nitrogens with one attached hydrogen (secondary N) is 2. The van der Waals surface area contributed by atoms with Crippen molar-refractivity contribution in [3.8, 4) is 0 Å². The molecule has 6 nitrogen and oxygen atoms in total. The van der Waals surface area contributed by atoms with E-state index in [4.69, 9.17) is 14.5 Å². The third-order valence-electron chi connectivity index (χ3n) is 7.64. The van der Waals surface area contributed by atoms with Gasteiger partial charge in [0, 0.05) is 49.7 Å². The van der Waals surface area contributed by atoms with E-state index in [-0.39, 0.29) is 24.0 Å². The highest BCUT2D eigenvalue weighted by atomic mass is 127. The molecule has 1 spiro atoms. The zero-order valence-electron chi connectivity index (χ0n) is 18.5. The molecule has 7 heteroatoms. The van der Waals surface area contributed by atoms with Crippen LogP contribution < -0.4 is 10.6 Å². The maximum atomic E-state index is 6.15. The van der Waals surface area contributed by atoms with E-state index in [9.17, 15) is 0 Å². The summed E-state index contributed by atoms with van der Waals surface area (Å²) < 4.78 is 11.7. The van der Waals surface area contributed by atoms with Gasteiger partial charge >= 0.3 is 0 Å². The molecule has 0 bridgehead atoms. The van der Waals surface area contributed by atoms with Crippen molar-refractivity contribution in [1.82, 2.24) is 15.5 Å². The Balaban J connectivity index is 0.00000240. The van der Waals surface area contributed by atoms with E-state index < -0.39 is 0 Å². The maximum absolute atomic E-state index is 6.15. The first kappa shape index (κ1) is 23.5. The quantitative estimate of drug-likeness (QED) is 0.321. The topological polar surface area (TPSA) is 58.1 Å². The van der Waals surface area contributed by atoms with E-state index in [0.29, 0.717) is 35.4 Å². The van der Waals surface area contributed by atoms with Crippen molar-refractivity contribution in [3.05, 3.63) is 0 Å². The normalized spacial score (nSPS) is 32.6. The molecular weight excluding hydrogens is 479 g/mol. The number of aliphatic imine (C=N–C) groups is 1. The fraction of sp³-hybridized carbons (Fsp3) is 0.955. The van der Waals surface area contributed by atoms with Crippen molar-refractivity contribution in [2.75, 3.05) is 46.0 Å². The molecule has 168 valence electrons. The molecule has 0 aromatic rings. The lowest BCUT2D eigenvalue weighted by molar-refractivity contribution is -0.125. The van der Waals surface area contributed by atoms with E-state index >= 15 is 0 Å². The molecule has 0 aromatic carbocycles. The molecule has 2 aliphatic carbocycles. The number of nitrogens with zero attached hydrogens (tertiary/aromatic N) is 2. The number of halogens is 1. The first-order chi connectivity index (χ1) is 13.7. The van der Waals surface area contributed by atoms with Crippen LogP contribution >= 0.6 is 24.0 Å². The number of guanidine groups is 1. The second kappa shape index (κ2) is 10.5. The van der Waals surface area contributed by atoms with Crippen LogP contribution in [0, 0.1) is 17.3 Å². The number of hydrogen-bond acceptors (Lipinski definition) is 4. The molecule has 2 aliphatic heterocycles. The van der Waals surface area contributed by atoms with Crippen LogP contribution in [0.1, 0.15) is 52.9 Å². The summed E-state index contributed by atoms with van der Waals surface area (Å²) in [6, 6.07) is 1.00. The van der Waals surface area contributed by atoms with Crippen LogP contribution in [0.3, 0.4) is 0 Å². The Morgan fingerprint density at radius 1 is 1.17 bits per heavy atom. The molecule has 4 atom stereocenters. The highest BCUT2D eigenvalue weighted by Crippen LogP contribution is 2.60. The van der Waals surface area contributed by atoms with Crippen molar-refractivity contribution < 1.29 is 9.47 Å². The van der Waals surface area contributed by atoms with Crippen molar-refractivity contribution in [2.24, 2.45) is 22.2 Å². The standard InChI is InChI=1S/C22H40N4O2.HI/c1-4-23-21(24-15-18(16(2)3)26-10-13-27-14-11-26)25-19-17-7-12-28-20(17)22(19)8-5-6-9-22;/h16-20H,4-15H2,1-3H3,(H2,23,24,25);1H. The van der Waals surface area contributed by atoms with Gasteiger partial charge in [-0.05, 0) is 32.1 Å². The van der Waals surface area contributed by atoms with Gasteiger partial charge in [-0.15, -0.1) is 24.0 Å². The van der Waals surface area contributed by atoms with Gasteiger partial charge in [-0.2, -0.15) is 0 Å². The summed E-state index contributed by atoms with van der Waals surface area (Å²) in [7, 11) is 0. The van der Waals surface area contributed by atoms with E-state index in [1.54, 1.807) is 0 Å². The van der Waals surface area contributed by atoms with Crippen LogP contribution in [0.15, 0.2) is 4.99 Å². The third kappa shape index (κ3) is 4.72. The van der Waals surface area contributed by atoms with Crippen molar-refractivity contribution in [3.63, 3.8) is 0 Å². The molecule has 0 aromatic heterocycles. The summed E-state index contributed by atoms with van der Waals surface area (Å²) in [5.41, 5.74) is 0.360. The molecule has 0 amide bonds. The van der Waals surface area contributed by atoms with Crippen LogP contribution in [0.4, 0.5) is 0 Å². The number of morpholine rings is 1. The van der Waals surface area contributed by atoms with E-state index in [1.165, 1.54) is 32.1 Å². The van der Waals surface area contributed by atoms with Crippen molar-refractivity contribution in [2.45, 2.75) is 71.1 Å². The smallest absolute Gasteiger partial charge is 0.191 e. The Labute approximate surface area is 194 Å². The van der Waals surface area contributed by atoms with Gasteiger partial charge in [0.15, 0.2) is 5.96 Å². The van der Waals surface area contributed by atoms with Crippen molar-refractivity contribution >= 4 is 29.9 Å². The van der Waals surface area contributed by atoms with Gasteiger partial charge in [0.25, 0.3) is 0 Å². The average molecular weight is 521 g/mol. The van der Waals surface area contributed by atoms with Crippen molar-refractivity contribution in [1.29, 1.82) is 0 Å². The summed E-state index contributed by atoms with van der Waals surface area (Å²) in [6.45, 7) is 13.2. The Morgan fingerprint density at radius 2 is 1.90 bits per heavy atom. The molecule has 2 saturated heterocycles. The molecule has 2 N–H and O–H groups in total. The molecule has 29 heavy (non-hydrogen) atoms. The number of hydrogen-bond donors (Lipinski definition) is 2. The predicted octanol–water partition coefficient (Wildman–Crippen LogP) is 2.86. The lowest BCUT2D eigenvalue weighted by Gasteiger charge is -2.57. The second-order valence-electron chi connectivity index (χ2n) is 9.49. The van der Waals surface area contributed by atoms with Crippen LogP contribution in [0.5, 0.6) is 0 Å². The van der Waals surface area contributed by atoms with Crippen LogP contribution in [0.2, 0.25) is 0 Å². The Morgan fingerprint density at radius 3 is 2.55 bits per heavy atom. The Bertz CT molecular complexity index is 547. The summed E-state index contributed by atoms with van der Waals surface area (Å²) >= 11 is 0. The molecule has 4 unspecified atom stereocenters. The third-order valence-corrected chi connectivity index (χ3v) is 7.64. The van der Waals surface area contributed by atoms with Gasteiger partial charge in [-0.1, -0.05) is 26.7 Å². The van der Waals surface area contributed by atoms with E-state index in [1.807, 2.05) is 0 Å². The number of fused-ring (bicyclic) bond motifs is 2. The summed E-state index contributed by atoms with van der Waals surface area (Å²) in [5, 5.41) is 7.39. The monoisotopic (exact) mass is 520 g/mol. The largest absolute Gasteiger partial charge is 0.379 e. The van der Waals surface area contributed by atoms with E-state index in [2.05, 4.69) is 36.3 Å². The Kier molecular flexibility index (Phi) is 8.49. The van der Waals surface area contributed by atoms with Gasteiger partial charge < -0.3 is 20.1 Å². The zero-order chi connectivity index (χ0) is 19.6. The molecule has 4 aliphatic rings. The SMILES string of the molecule is CCNC(=NCC(C(C)C)N1CCOCC1)NC1C2CCOC2C12CCCC2.I. The average Bonchev–Trinajstić information content (AvgIpc) is 3.35. The zero-order valence-corrected chi connectivity index (χ0v) is 20.8. The summed E-state index contributed by atoms with van der Waals surface area (Å²) in [6.07, 6.45) is 7.02. The van der Waals surface area contributed by atoms with Crippen LogP contribution in [-0.4, -0.2) is 75.0 Å². The highest BCUT2D eigenvalue weighted by Gasteiger charge is 2.65. The Hall–Kier alpha value is -0.120. The minimum absolute atomic E-state index is 0. The molecule has 4 rings (SSSR count). The lowest BCUT2D eigenvalue weighted by Crippen LogP contribution is -2.69. The van der Waals surface area contributed by atoms with Crippen LogP contribution in [0.25, 0.3) is 0 Å². The maximum Gasteiger partial charge on any atom is 0.191 e. The molecule has 2 saturated carbocycles. The van der Waals surface area contributed by atoms with Gasteiger partial charge in [0.1, 0.15) is 0 Å². The minimum Gasteiger partial charge on any atom is -0.379 e. The first-order valence-electron chi connectivity index (χ1n) is 11.6. The molecule has 4 fully saturated rings.